The first-order valence-electron chi connectivity index (χ1n) is 9.23. The molecule has 0 saturated carbocycles. The number of likely N-dealkylation sites (tertiary alicyclic amines) is 1. The van der Waals surface area contributed by atoms with Crippen molar-refractivity contribution in [3.05, 3.63) is 39.8 Å². The summed E-state index contributed by atoms with van der Waals surface area (Å²) in [5.74, 6) is 0.858. The van der Waals surface area contributed by atoms with Crippen LogP contribution in [0.2, 0.25) is 0 Å². The number of nitrogens with zero attached hydrogens (tertiary/aromatic N) is 4. The molecule has 4 rings (SSSR count). The molecule has 26 heavy (non-hydrogen) atoms. The van der Waals surface area contributed by atoms with Crippen molar-refractivity contribution >= 4 is 11.9 Å². The zero-order valence-electron chi connectivity index (χ0n) is 15.0. The number of hydrogen-bond donors (Lipinski definition) is 2. The first-order chi connectivity index (χ1) is 12.6. The van der Waals surface area contributed by atoms with Gasteiger partial charge in [0.15, 0.2) is 0 Å². The number of carbonyl (C=O) groups is 1. The Morgan fingerprint density at radius 1 is 1.31 bits per heavy atom. The van der Waals surface area contributed by atoms with Gasteiger partial charge in [-0.2, -0.15) is 0 Å². The van der Waals surface area contributed by atoms with E-state index in [9.17, 15) is 9.59 Å². The van der Waals surface area contributed by atoms with Crippen LogP contribution in [0.15, 0.2) is 17.2 Å². The van der Waals surface area contributed by atoms with E-state index in [0.29, 0.717) is 25.5 Å². The fraction of sp³-hybridized carbons (Fsp3) is 0.556. The van der Waals surface area contributed by atoms with E-state index in [1.165, 1.54) is 0 Å². The summed E-state index contributed by atoms with van der Waals surface area (Å²) in [5.41, 5.74) is 2.40. The van der Waals surface area contributed by atoms with Crippen molar-refractivity contribution in [1.29, 1.82) is 0 Å². The third-order valence-corrected chi connectivity index (χ3v) is 5.37. The molecule has 8 heteroatoms. The Kier molecular flexibility index (Phi) is 4.48. The van der Waals surface area contributed by atoms with Crippen LogP contribution in [0.3, 0.4) is 0 Å². The largest absolute Gasteiger partial charge is 0.348 e. The van der Waals surface area contributed by atoms with Gasteiger partial charge in [-0.3, -0.25) is 14.6 Å². The number of aromatic nitrogens is 4. The predicted molar refractivity (Wildman–Crippen MR) is 97.3 cm³/mol. The molecule has 2 fully saturated rings. The van der Waals surface area contributed by atoms with E-state index in [-0.39, 0.29) is 17.4 Å². The summed E-state index contributed by atoms with van der Waals surface area (Å²) in [7, 11) is 0. The molecule has 2 N–H and O–H groups in total. The zero-order chi connectivity index (χ0) is 18.1. The molecule has 4 heterocycles. The summed E-state index contributed by atoms with van der Waals surface area (Å²) in [6, 6.07) is 1.58. The molecular weight excluding hydrogens is 332 g/mol. The second kappa shape index (κ2) is 6.93. The third kappa shape index (κ3) is 3.36. The third-order valence-electron chi connectivity index (χ3n) is 5.37. The molecule has 0 aromatic carbocycles. The van der Waals surface area contributed by atoms with Crippen LogP contribution in [-0.2, 0) is 11.2 Å². The summed E-state index contributed by atoms with van der Waals surface area (Å²) in [5, 5.41) is 0. The van der Waals surface area contributed by atoms with Gasteiger partial charge in [0, 0.05) is 43.9 Å². The van der Waals surface area contributed by atoms with Gasteiger partial charge in [-0.15, -0.1) is 0 Å². The van der Waals surface area contributed by atoms with Gasteiger partial charge < -0.3 is 14.8 Å². The smallest absolute Gasteiger partial charge is 0.252 e. The minimum Gasteiger partial charge on any atom is -0.348 e. The summed E-state index contributed by atoms with van der Waals surface area (Å²) >= 11 is 0. The lowest BCUT2D eigenvalue weighted by molar-refractivity contribution is -0.129. The number of nitrogens with one attached hydrogen (secondary N) is 2. The molecule has 2 saturated heterocycles. The highest BCUT2D eigenvalue weighted by Crippen LogP contribution is 2.27. The number of anilines is 1. The first kappa shape index (κ1) is 16.8. The lowest BCUT2D eigenvalue weighted by Gasteiger charge is -2.18. The minimum atomic E-state index is -0.117. The van der Waals surface area contributed by atoms with Gasteiger partial charge in [-0.25, -0.2) is 9.97 Å². The van der Waals surface area contributed by atoms with E-state index in [4.69, 9.17) is 4.98 Å². The van der Waals surface area contributed by atoms with Crippen LogP contribution in [0.1, 0.15) is 42.3 Å². The van der Waals surface area contributed by atoms with Crippen LogP contribution in [0.4, 0.5) is 5.95 Å². The van der Waals surface area contributed by atoms with Gasteiger partial charge in [0.1, 0.15) is 0 Å². The van der Waals surface area contributed by atoms with E-state index >= 15 is 0 Å². The number of hydrogen-bond acceptors (Lipinski definition) is 5. The highest BCUT2D eigenvalue weighted by atomic mass is 16.2. The number of aromatic amines is 2. The normalized spacial score (nSPS) is 20.1. The van der Waals surface area contributed by atoms with Crippen LogP contribution in [0.25, 0.3) is 0 Å². The standard InChI is InChI=1S/C18H24N6O2/c1-12-14(20-11-19-12)9-17(26)24-7-4-13(10-24)15-8-16(25)22-18(21-15)23-5-2-3-6-23/h8,11,13H,2-7,9-10H2,1H3,(H,19,20)(H,21,22,25). The molecule has 0 aliphatic carbocycles. The maximum absolute atomic E-state index is 12.6. The van der Waals surface area contributed by atoms with Crippen LogP contribution in [0, 0.1) is 6.92 Å². The number of rotatable bonds is 4. The van der Waals surface area contributed by atoms with Gasteiger partial charge >= 0.3 is 0 Å². The molecule has 2 aliphatic rings. The van der Waals surface area contributed by atoms with E-state index in [2.05, 4.69) is 19.9 Å². The lowest BCUT2D eigenvalue weighted by Crippen LogP contribution is -2.30. The Hall–Kier alpha value is -2.64. The average Bonchev–Trinajstić information content (AvgIpc) is 3.37. The highest BCUT2D eigenvalue weighted by molar-refractivity contribution is 5.79. The topological polar surface area (TPSA) is 98.0 Å². The second-order valence-corrected chi connectivity index (χ2v) is 7.16. The van der Waals surface area contributed by atoms with Crippen molar-refractivity contribution in [2.45, 2.75) is 38.5 Å². The number of aryl methyl sites for hydroxylation is 1. The molecule has 2 aromatic heterocycles. The predicted octanol–water partition coefficient (Wildman–Crippen LogP) is 0.960. The molecule has 1 unspecified atom stereocenters. The van der Waals surface area contributed by atoms with Crippen LogP contribution < -0.4 is 10.5 Å². The molecule has 0 spiro atoms. The quantitative estimate of drug-likeness (QED) is 0.850. The second-order valence-electron chi connectivity index (χ2n) is 7.16. The van der Waals surface area contributed by atoms with Crippen molar-refractivity contribution < 1.29 is 4.79 Å². The van der Waals surface area contributed by atoms with Crippen LogP contribution >= 0.6 is 0 Å². The Labute approximate surface area is 151 Å². The van der Waals surface area contributed by atoms with Crippen LogP contribution in [0.5, 0.6) is 0 Å². The van der Waals surface area contributed by atoms with Crippen molar-refractivity contribution in [3.63, 3.8) is 0 Å². The molecule has 8 nitrogen and oxygen atoms in total. The summed E-state index contributed by atoms with van der Waals surface area (Å²) in [6.07, 6.45) is 5.02. The van der Waals surface area contributed by atoms with Gasteiger partial charge in [-0.05, 0) is 26.2 Å². The molecular formula is C18H24N6O2. The Bertz CT molecular complexity index is 851. The monoisotopic (exact) mass is 356 g/mol. The van der Waals surface area contributed by atoms with Gasteiger partial charge in [-0.1, -0.05) is 0 Å². The number of H-pyrrole nitrogens is 2. The van der Waals surface area contributed by atoms with Gasteiger partial charge in [0.2, 0.25) is 11.9 Å². The lowest BCUT2D eigenvalue weighted by atomic mass is 10.1. The van der Waals surface area contributed by atoms with E-state index in [0.717, 1.165) is 49.4 Å². The van der Waals surface area contributed by atoms with Crippen molar-refractivity contribution in [1.82, 2.24) is 24.8 Å². The Balaban J connectivity index is 1.46. The Morgan fingerprint density at radius 3 is 2.85 bits per heavy atom. The number of imidazole rings is 1. The van der Waals surface area contributed by atoms with E-state index < -0.39 is 0 Å². The number of carbonyl (C=O) groups excluding carboxylic acids is 1. The molecule has 0 bridgehead atoms. The molecule has 1 amide bonds. The first-order valence-corrected chi connectivity index (χ1v) is 9.23. The van der Waals surface area contributed by atoms with Gasteiger partial charge in [0.05, 0.1) is 24.1 Å². The molecule has 2 aromatic rings. The molecule has 0 radical (unpaired) electrons. The number of amides is 1. The minimum absolute atomic E-state index is 0.0762. The summed E-state index contributed by atoms with van der Waals surface area (Å²) in [4.78, 5) is 43.4. The zero-order valence-corrected chi connectivity index (χ0v) is 15.0. The van der Waals surface area contributed by atoms with Crippen LogP contribution in [-0.4, -0.2) is 56.9 Å². The van der Waals surface area contributed by atoms with Gasteiger partial charge in [0.25, 0.3) is 5.56 Å². The fourth-order valence-electron chi connectivity index (χ4n) is 3.80. The summed E-state index contributed by atoms with van der Waals surface area (Å²) < 4.78 is 0. The SMILES string of the molecule is Cc1[nH]cnc1CC(=O)N1CCC(c2cc(=O)[nH]c(N3CCCC3)n2)C1. The summed E-state index contributed by atoms with van der Waals surface area (Å²) in [6.45, 7) is 5.09. The van der Waals surface area contributed by atoms with Crippen molar-refractivity contribution in [2.75, 3.05) is 31.1 Å². The van der Waals surface area contributed by atoms with E-state index in [1.54, 1.807) is 12.4 Å². The fourth-order valence-corrected chi connectivity index (χ4v) is 3.80. The Morgan fingerprint density at radius 2 is 2.12 bits per heavy atom. The van der Waals surface area contributed by atoms with Crippen molar-refractivity contribution in [2.24, 2.45) is 0 Å². The maximum Gasteiger partial charge on any atom is 0.252 e. The molecule has 138 valence electrons. The molecule has 2 aliphatic heterocycles. The highest BCUT2D eigenvalue weighted by Gasteiger charge is 2.29. The average molecular weight is 356 g/mol. The molecule has 1 atom stereocenters. The maximum atomic E-state index is 12.6. The van der Waals surface area contributed by atoms with E-state index in [1.807, 2.05) is 11.8 Å². The van der Waals surface area contributed by atoms with Crippen molar-refractivity contribution in [3.8, 4) is 0 Å².